The quantitative estimate of drug-likeness (QED) is 0.197. The van der Waals surface area contributed by atoms with Crippen LogP contribution in [0.5, 0.6) is 23.0 Å². The van der Waals surface area contributed by atoms with Gasteiger partial charge in [-0.2, -0.15) is 5.26 Å². The van der Waals surface area contributed by atoms with E-state index in [-0.39, 0.29) is 6.61 Å². The topological polar surface area (TPSA) is 64.0 Å². The molecule has 2 heterocycles. The van der Waals surface area contributed by atoms with E-state index in [0.29, 0.717) is 68.0 Å². The summed E-state index contributed by atoms with van der Waals surface area (Å²) < 4.78 is 37.9. The highest BCUT2D eigenvalue weighted by atomic mass is 35.5. The molecule has 8 heteroatoms. The Bertz CT molecular complexity index is 1670. The Morgan fingerprint density at radius 2 is 1.74 bits per heavy atom. The minimum atomic E-state index is -0.822. The number of halogens is 2. The van der Waals surface area contributed by atoms with Crippen LogP contribution in [0, 0.1) is 18.3 Å². The van der Waals surface area contributed by atoms with Crippen molar-refractivity contribution in [2.24, 2.45) is 0 Å². The minimum absolute atomic E-state index is 0.270. The van der Waals surface area contributed by atoms with Crippen molar-refractivity contribution in [1.82, 2.24) is 4.90 Å². The van der Waals surface area contributed by atoms with E-state index in [4.69, 9.17) is 30.5 Å². The van der Waals surface area contributed by atoms with Gasteiger partial charge in [-0.05, 0) is 71.5 Å². The van der Waals surface area contributed by atoms with Crippen LogP contribution in [0.3, 0.4) is 0 Å². The fraction of sp³-hybridized carbons (Fsp3) is 0.286. The van der Waals surface area contributed by atoms with E-state index >= 15 is 0 Å². The zero-order chi connectivity index (χ0) is 29.8. The van der Waals surface area contributed by atoms with Crippen molar-refractivity contribution in [3.05, 3.63) is 106 Å². The highest BCUT2D eigenvalue weighted by Gasteiger charge is 2.24. The van der Waals surface area contributed by atoms with Crippen LogP contribution >= 0.6 is 11.6 Å². The highest BCUT2D eigenvalue weighted by molar-refractivity contribution is 6.32. The Labute approximate surface area is 256 Å². The van der Waals surface area contributed by atoms with Crippen molar-refractivity contribution in [1.29, 1.82) is 5.26 Å². The van der Waals surface area contributed by atoms with E-state index < -0.39 is 6.17 Å². The van der Waals surface area contributed by atoms with Gasteiger partial charge in [-0.3, -0.25) is 4.90 Å². The number of fused-ring (bicyclic) bond motifs is 1. The van der Waals surface area contributed by atoms with Crippen LogP contribution in [0.25, 0.3) is 11.1 Å². The average molecular weight is 599 g/mol. The lowest BCUT2D eigenvalue weighted by Crippen LogP contribution is -2.21. The standard InChI is InChI=1S/C35H32ClFN2O4/c1-23-27(6-3-7-30(23)26-8-9-32-35(16-26)41-13-12-40-32)22-43-34-17-33(42-21-25-5-2-4-24(14-25)18-38)28(15-31(34)36)19-39-11-10-29(37)20-39/h2-9,14-17,29H,10-13,19-22H2,1H3/t29-/m1/s1. The Hall–Kier alpha value is -4.25. The van der Waals surface area contributed by atoms with Crippen LogP contribution in [0.4, 0.5) is 4.39 Å². The zero-order valence-corrected chi connectivity index (χ0v) is 24.7. The summed E-state index contributed by atoms with van der Waals surface area (Å²) in [7, 11) is 0. The maximum atomic E-state index is 13.9. The first-order chi connectivity index (χ1) is 21.0. The molecule has 0 amide bonds. The third-order valence-corrected chi connectivity index (χ3v) is 8.15. The monoisotopic (exact) mass is 598 g/mol. The minimum Gasteiger partial charge on any atom is -0.488 e. The van der Waals surface area contributed by atoms with Crippen LogP contribution in [0.2, 0.25) is 5.02 Å². The summed E-state index contributed by atoms with van der Waals surface area (Å²) in [6, 6.07) is 25.3. The predicted molar refractivity (Wildman–Crippen MR) is 164 cm³/mol. The van der Waals surface area contributed by atoms with Crippen LogP contribution < -0.4 is 18.9 Å². The molecule has 1 fully saturated rings. The fourth-order valence-electron chi connectivity index (χ4n) is 5.53. The molecule has 1 atom stereocenters. The molecule has 0 N–H and O–H groups in total. The van der Waals surface area contributed by atoms with Crippen LogP contribution in [0.1, 0.15) is 34.2 Å². The summed E-state index contributed by atoms with van der Waals surface area (Å²) in [5, 5.41) is 9.74. The van der Waals surface area contributed by atoms with Gasteiger partial charge in [0.2, 0.25) is 0 Å². The second-order valence-electron chi connectivity index (χ2n) is 10.8. The van der Waals surface area contributed by atoms with Crippen molar-refractivity contribution in [2.45, 2.75) is 39.3 Å². The van der Waals surface area contributed by atoms with Crippen molar-refractivity contribution >= 4 is 11.6 Å². The molecule has 0 aromatic heterocycles. The molecule has 2 aliphatic rings. The number of hydrogen-bond acceptors (Lipinski definition) is 6. The summed E-state index contributed by atoms with van der Waals surface area (Å²) in [5.41, 5.74) is 6.55. The lowest BCUT2D eigenvalue weighted by Gasteiger charge is -2.21. The maximum absolute atomic E-state index is 13.9. The number of alkyl halides is 1. The van der Waals surface area contributed by atoms with Gasteiger partial charge in [0.05, 0.1) is 16.7 Å². The first-order valence-electron chi connectivity index (χ1n) is 14.4. The third kappa shape index (κ3) is 6.72. The number of ether oxygens (including phenoxy) is 4. The number of nitrogens with zero attached hydrogens (tertiary/aromatic N) is 2. The maximum Gasteiger partial charge on any atom is 0.161 e. The Balaban J connectivity index is 1.23. The van der Waals surface area contributed by atoms with Gasteiger partial charge in [0.15, 0.2) is 11.5 Å². The molecule has 4 aromatic rings. The Morgan fingerprint density at radius 1 is 0.930 bits per heavy atom. The molecule has 6 rings (SSSR count). The molecular formula is C35H32ClFN2O4. The smallest absolute Gasteiger partial charge is 0.161 e. The molecule has 2 aliphatic heterocycles. The van der Waals surface area contributed by atoms with Gasteiger partial charge in [-0.25, -0.2) is 4.39 Å². The van der Waals surface area contributed by atoms with Crippen LogP contribution in [-0.2, 0) is 19.8 Å². The molecule has 220 valence electrons. The number of nitriles is 1. The van der Waals surface area contributed by atoms with Gasteiger partial charge < -0.3 is 18.9 Å². The number of benzene rings is 4. The highest BCUT2D eigenvalue weighted by Crippen LogP contribution is 2.38. The molecule has 0 bridgehead atoms. The molecule has 0 spiro atoms. The summed E-state index contributed by atoms with van der Waals surface area (Å²) >= 11 is 6.74. The number of likely N-dealkylation sites (tertiary alicyclic amines) is 1. The summed E-state index contributed by atoms with van der Waals surface area (Å²) in [6.45, 7) is 5.33. The van der Waals surface area contributed by atoms with E-state index in [1.807, 2.05) is 54.6 Å². The van der Waals surface area contributed by atoms with Crippen molar-refractivity contribution < 1.29 is 23.3 Å². The fourth-order valence-corrected chi connectivity index (χ4v) is 5.77. The third-order valence-electron chi connectivity index (χ3n) is 7.86. The molecule has 4 aromatic carbocycles. The number of rotatable bonds is 9. The van der Waals surface area contributed by atoms with Gasteiger partial charge in [0.1, 0.15) is 44.1 Å². The first-order valence-corrected chi connectivity index (χ1v) is 14.8. The second kappa shape index (κ2) is 12.9. The van der Waals surface area contributed by atoms with Crippen molar-refractivity contribution in [3.63, 3.8) is 0 Å². The Morgan fingerprint density at radius 3 is 2.56 bits per heavy atom. The van der Waals surface area contributed by atoms with Gasteiger partial charge in [-0.15, -0.1) is 0 Å². The van der Waals surface area contributed by atoms with Gasteiger partial charge in [0, 0.05) is 31.3 Å². The van der Waals surface area contributed by atoms with E-state index in [9.17, 15) is 9.65 Å². The lowest BCUT2D eigenvalue weighted by molar-refractivity contribution is 0.171. The SMILES string of the molecule is Cc1c(COc2cc(OCc3cccc(C#N)c3)c(CN3CC[C@@H](F)C3)cc2Cl)cccc1-c1ccc2c(c1)OCCO2. The molecule has 0 radical (unpaired) electrons. The van der Waals surface area contributed by atoms with E-state index in [2.05, 4.69) is 24.0 Å². The van der Waals surface area contributed by atoms with Crippen molar-refractivity contribution in [3.8, 4) is 40.2 Å². The summed E-state index contributed by atoms with van der Waals surface area (Å²) in [5.74, 6) is 2.63. The van der Waals surface area contributed by atoms with Crippen molar-refractivity contribution in [2.75, 3.05) is 26.3 Å². The largest absolute Gasteiger partial charge is 0.488 e. The van der Waals surface area contributed by atoms with E-state index in [1.165, 1.54) is 0 Å². The molecule has 0 unspecified atom stereocenters. The van der Waals surface area contributed by atoms with Gasteiger partial charge >= 0.3 is 0 Å². The molecule has 43 heavy (non-hydrogen) atoms. The summed E-state index contributed by atoms with van der Waals surface area (Å²) in [6.07, 6.45) is -0.297. The number of hydrogen-bond donors (Lipinski definition) is 0. The van der Waals surface area contributed by atoms with Gasteiger partial charge in [-0.1, -0.05) is 48.0 Å². The lowest BCUT2D eigenvalue weighted by atomic mass is 9.96. The summed E-state index contributed by atoms with van der Waals surface area (Å²) in [4.78, 5) is 2.06. The predicted octanol–water partition coefficient (Wildman–Crippen LogP) is 7.66. The molecule has 6 nitrogen and oxygen atoms in total. The second-order valence-corrected chi connectivity index (χ2v) is 11.3. The Kier molecular flexibility index (Phi) is 8.69. The molecule has 1 saturated heterocycles. The molecule has 0 saturated carbocycles. The van der Waals surface area contributed by atoms with Gasteiger partial charge in [0.25, 0.3) is 0 Å². The van der Waals surface area contributed by atoms with E-state index in [1.54, 1.807) is 12.1 Å². The molecule has 0 aliphatic carbocycles. The van der Waals surface area contributed by atoms with Crippen LogP contribution in [-0.4, -0.2) is 37.4 Å². The van der Waals surface area contributed by atoms with E-state index in [0.717, 1.165) is 44.9 Å². The zero-order valence-electron chi connectivity index (χ0n) is 23.9. The van der Waals surface area contributed by atoms with Crippen LogP contribution in [0.15, 0.2) is 72.8 Å². The first kappa shape index (κ1) is 28.9. The normalized spacial score (nSPS) is 16.1. The molecular weight excluding hydrogens is 567 g/mol. The average Bonchev–Trinajstić information content (AvgIpc) is 3.44.